The molecule has 2 aromatic rings. The zero-order valence-electron chi connectivity index (χ0n) is 12.7. The van der Waals surface area contributed by atoms with Gasteiger partial charge >= 0.3 is 12.3 Å². The second-order valence-electron chi connectivity index (χ2n) is 5.29. The lowest BCUT2D eigenvalue weighted by atomic mass is 9.98. The van der Waals surface area contributed by atoms with Gasteiger partial charge in [0, 0.05) is 6.42 Å². The molecule has 0 saturated heterocycles. The minimum Gasteiger partial charge on any atom is -0.448 e. The number of carbonyl (C=O) groups excluding carboxylic acids is 2. The van der Waals surface area contributed by atoms with Crippen LogP contribution in [-0.2, 0) is 16.0 Å². The third-order valence-electron chi connectivity index (χ3n) is 3.55. The molecule has 1 aliphatic heterocycles. The Morgan fingerprint density at radius 2 is 1.80 bits per heavy atom. The highest BCUT2D eigenvalue weighted by molar-refractivity contribution is 6.00. The maximum Gasteiger partial charge on any atom is 0.573 e. The number of hydrogen-bond donors (Lipinski definition) is 1. The van der Waals surface area contributed by atoms with E-state index in [1.54, 1.807) is 24.3 Å². The first-order chi connectivity index (χ1) is 11.8. The van der Waals surface area contributed by atoms with Crippen LogP contribution in [0.25, 0.3) is 0 Å². The van der Waals surface area contributed by atoms with Crippen LogP contribution >= 0.6 is 0 Å². The molecular weight excluding hydrogens is 339 g/mol. The lowest BCUT2D eigenvalue weighted by Crippen LogP contribution is -2.38. The average molecular weight is 351 g/mol. The molecule has 1 aliphatic rings. The highest BCUT2D eigenvalue weighted by Crippen LogP contribution is 2.30. The normalized spacial score (nSPS) is 16.6. The van der Waals surface area contributed by atoms with E-state index in [2.05, 4.69) is 10.1 Å². The number of anilines is 1. The van der Waals surface area contributed by atoms with Crippen molar-refractivity contribution in [3.8, 4) is 5.75 Å². The second-order valence-corrected chi connectivity index (χ2v) is 5.29. The van der Waals surface area contributed by atoms with E-state index >= 15 is 0 Å². The summed E-state index contributed by atoms with van der Waals surface area (Å²) in [6, 6.07) is 11.8. The third kappa shape index (κ3) is 3.90. The zero-order chi connectivity index (χ0) is 18.0. The highest BCUT2D eigenvalue weighted by Gasteiger charge is 2.34. The number of nitrogens with one attached hydrogen (secondary N) is 1. The van der Waals surface area contributed by atoms with Crippen molar-refractivity contribution in [2.75, 3.05) is 5.32 Å². The molecule has 8 heteroatoms. The van der Waals surface area contributed by atoms with Gasteiger partial charge in [-0.15, -0.1) is 13.2 Å². The highest BCUT2D eigenvalue weighted by atomic mass is 19.4. The fraction of sp³-hybridized carbons (Fsp3) is 0.176. The summed E-state index contributed by atoms with van der Waals surface area (Å²) in [5, 5.41) is 2.31. The molecule has 1 atom stereocenters. The summed E-state index contributed by atoms with van der Waals surface area (Å²) < 4.78 is 46.2. The van der Waals surface area contributed by atoms with Crippen LogP contribution in [0.5, 0.6) is 5.75 Å². The van der Waals surface area contributed by atoms with Crippen molar-refractivity contribution in [3.63, 3.8) is 0 Å². The largest absolute Gasteiger partial charge is 0.573 e. The monoisotopic (exact) mass is 351 g/mol. The summed E-state index contributed by atoms with van der Waals surface area (Å²) in [7, 11) is 0. The van der Waals surface area contributed by atoms with Crippen LogP contribution in [0.3, 0.4) is 0 Å². The summed E-state index contributed by atoms with van der Waals surface area (Å²) in [5.74, 6) is -1.94. The predicted octanol–water partition coefficient (Wildman–Crippen LogP) is 3.31. The number of halogens is 3. The Morgan fingerprint density at radius 3 is 2.56 bits per heavy atom. The number of ether oxygens (including phenoxy) is 2. The van der Waals surface area contributed by atoms with E-state index in [0.29, 0.717) is 11.1 Å². The molecule has 0 fully saturated rings. The molecule has 130 valence electrons. The van der Waals surface area contributed by atoms with Gasteiger partial charge in [-0.2, -0.15) is 0 Å². The van der Waals surface area contributed by atoms with Crippen molar-refractivity contribution < 1.29 is 32.2 Å². The second kappa shape index (κ2) is 6.46. The Hall–Kier alpha value is -3.03. The Labute approximate surface area is 140 Å². The van der Waals surface area contributed by atoms with E-state index in [1.165, 1.54) is 18.2 Å². The lowest BCUT2D eigenvalue weighted by molar-refractivity contribution is -0.274. The van der Waals surface area contributed by atoms with Gasteiger partial charge in [-0.05, 0) is 23.8 Å². The van der Waals surface area contributed by atoms with Crippen molar-refractivity contribution in [1.29, 1.82) is 0 Å². The van der Waals surface area contributed by atoms with Crippen LogP contribution in [0.4, 0.5) is 18.9 Å². The maximum absolute atomic E-state index is 12.4. The number of benzene rings is 2. The smallest absolute Gasteiger partial charge is 0.448 e. The minimum atomic E-state index is -4.89. The third-order valence-corrected chi connectivity index (χ3v) is 3.55. The maximum atomic E-state index is 12.4. The van der Waals surface area contributed by atoms with Crippen molar-refractivity contribution in [2.45, 2.75) is 18.9 Å². The van der Waals surface area contributed by atoms with Crippen molar-refractivity contribution in [1.82, 2.24) is 0 Å². The predicted molar refractivity (Wildman–Crippen MR) is 81.1 cm³/mol. The van der Waals surface area contributed by atoms with Crippen LogP contribution in [-0.4, -0.2) is 24.3 Å². The number of cyclic esters (lactones) is 1. The van der Waals surface area contributed by atoms with Crippen LogP contribution in [0.15, 0.2) is 48.5 Å². The van der Waals surface area contributed by atoms with Gasteiger partial charge in [-0.1, -0.05) is 30.3 Å². The summed E-state index contributed by atoms with van der Waals surface area (Å²) in [6.07, 6.45) is -5.89. The number of alkyl halides is 3. The summed E-state index contributed by atoms with van der Waals surface area (Å²) in [4.78, 5) is 24.2. The Morgan fingerprint density at radius 1 is 1.12 bits per heavy atom. The fourth-order valence-electron chi connectivity index (χ4n) is 2.47. The van der Waals surface area contributed by atoms with E-state index in [4.69, 9.17) is 4.74 Å². The molecule has 0 aromatic heterocycles. The fourth-order valence-corrected chi connectivity index (χ4v) is 2.47. The van der Waals surface area contributed by atoms with Gasteiger partial charge in [0.15, 0.2) is 11.9 Å². The van der Waals surface area contributed by atoms with Gasteiger partial charge in [0.05, 0.1) is 11.3 Å². The molecule has 1 amide bonds. The number of esters is 1. The lowest BCUT2D eigenvalue weighted by Gasteiger charge is -2.24. The quantitative estimate of drug-likeness (QED) is 0.862. The summed E-state index contributed by atoms with van der Waals surface area (Å²) >= 11 is 0. The molecule has 0 aliphatic carbocycles. The number of rotatable bonds is 3. The van der Waals surface area contributed by atoms with Gasteiger partial charge in [-0.3, -0.25) is 4.79 Å². The van der Waals surface area contributed by atoms with E-state index in [-0.39, 0.29) is 12.1 Å². The van der Waals surface area contributed by atoms with Crippen molar-refractivity contribution >= 4 is 17.6 Å². The molecule has 0 bridgehead atoms. The molecule has 1 heterocycles. The minimum absolute atomic E-state index is 0.135. The first-order valence-electron chi connectivity index (χ1n) is 7.28. The van der Waals surface area contributed by atoms with Crippen molar-refractivity contribution in [2.24, 2.45) is 0 Å². The van der Waals surface area contributed by atoms with E-state index in [0.717, 1.165) is 6.07 Å². The first-order valence-corrected chi connectivity index (χ1v) is 7.28. The molecule has 1 unspecified atom stereocenters. The molecule has 0 radical (unpaired) electrons. The number of fused-ring (bicyclic) bond motifs is 1. The van der Waals surface area contributed by atoms with Crippen LogP contribution in [0.1, 0.15) is 15.9 Å². The summed E-state index contributed by atoms with van der Waals surface area (Å²) in [5.41, 5.74) is 0.839. The standard InChI is InChI=1S/C17H12F3NO4/c18-17(19,20)25-13-8-4-3-7-12(13)21-15(22)14-9-10-5-1-2-6-11(10)16(23)24-14/h1-8,14H,9H2,(H,21,22). The van der Waals surface area contributed by atoms with E-state index in [9.17, 15) is 22.8 Å². The van der Waals surface area contributed by atoms with E-state index < -0.39 is 30.1 Å². The molecule has 0 spiro atoms. The Kier molecular flexibility index (Phi) is 4.35. The van der Waals surface area contributed by atoms with Gasteiger partial charge < -0.3 is 14.8 Å². The average Bonchev–Trinajstić information content (AvgIpc) is 2.55. The molecule has 3 rings (SSSR count). The molecular formula is C17H12F3NO4. The summed E-state index contributed by atoms with van der Waals surface area (Å²) in [6.45, 7) is 0. The Balaban J connectivity index is 1.77. The molecule has 2 aromatic carbocycles. The zero-order valence-corrected chi connectivity index (χ0v) is 12.7. The van der Waals surface area contributed by atoms with Gasteiger partial charge in [0.1, 0.15) is 0 Å². The van der Waals surface area contributed by atoms with Crippen LogP contribution in [0, 0.1) is 0 Å². The number of hydrogen-bond acceptors (Lipinski definition) is 4. The topological polar surface area (TPSA) is 64.6 Å². The van der Waals surface area contributed by atoms with Crippen molar-refractivity contribution in [3.05, 3.63) is 59.7 Å². The molecule has 5 nitrogen and oxygen atoms in total. The Bertz CT molecular complexity index is 820. The van der Waals surface area contributed by atoms with Gasteiger partial charge in [0.2, 0.25) is 0 Å². The molecule has 0 saturated carbocycles. The number of amides is 1. The van der Waals surface area contributed by atoms with E-state index in [1.807, 2.05) is 0 Å². The van der Waals surface area contributed by atoms with Crippen LogP contribution in [0.2, 0.25) is 0 Å². The molecule has 25 heavy (non-hydrogen) atoms. The number of carbonyl (C=O) groups is 2. The first kappa shape index (κ1) is 16.8. The van der Waals surface area contributed by atoms with Gasteiger partial charge in [0.25, 0.3) is 5.91 Å². The SMILES string of the molecule is O=C1OC(C(=O)Nc2ccccc2OC(F)(F)F)Cc2ccccc21. The van der Waals surface area contributed by atoms with Gasteiger partial charge in [-0.25, -0.2) is 4.79 Å². The molecule has 1 N–H and O–H groups in total. The number of para-hydroxylation sites is 2. The van der Waals surface area contributed by atoms with Crippen LogP contribution < -0.4 is 10.1 Å².